The molecule has 2 bridgehead atoms. The number of allylic oxidation sites excluding steroid dienone is 1. The second-order valence-electron chi connectivity index (χ2n) is 5.53. The maximum absolute atomic E-state index is 11.5. The largest absolute Gasteiger partial charge is 0.392 e. The molecule has 0 radical (unpaired) electrons. The van der Waals surface area contributed by atoms with Gasteiger partial charge in [-0.15, -0.1) is 0 Å². The molecule has 1 aromatic rings. The van der Waals surface area contributed by atoms with Gasteiger partial charge in [-0.2, -0.15) is 0 Å². The van der Waals surface area contributed by atoms with Crippen LogP contribution in [0, 0.1) is 5.92 Å². The molecule has 0 saturated heterocycles. The summed E-state index contributed by atoms with van der Waals surface area (Å²) in [4.78, 5) is 14.4. The Morgan fingerprint density at radius 1 is 1.58 bits per heavy atom. The lowest BCUT2D eigenvalue weighted by Gasteiger charge is -2.45. The van der Waals surface area contributed by atoms with Gasteiger partial charge in [0.1, 0.15) is 0 Å². The molecular formula is C15H18N2O2. The van der Waals surface area contributed by atoms with Gasteiger partial charge >= 0.3 is 0 Å². The number of rotatable bonds is 1. The number of H-pyrrole nitrogens is 1. The van der Waals surface area contributed by atoms with Gasteiger partial charge in [-0.3, -0.25) is 4.79 Å². The molecule has 2 atom stereocenters. The highest BCUT2D eigenvalue weighted by Crippen LogP contribution is 2.47. The van der Waals surface area contributed by atoms with E-state index in [1.165, 1.54) is 11.6 Å². The van der Waals surface area contributed by atoms with Gasteiger partial charge in [0.25, 0.3) is 0 Å². The Morgan fingerprint density at radius 2 is 2.37 bits per heavy atom. The molecule has 4 N–H and O–H groups in total. The van der Waals surface area contributed by atoms with E-state index in [-0.39, 0.29) is 18.1 Å². The Morgan fingerprint density at radius 3 is 3.11 bits per heavy atom. The van der Waals surface area contributed by atoms with E-state index in [0.29, 0.717) is 0 Å². The predicted molar refractivity (Wildman–Crippen MR) is 73.7 cm³/mol. The summed E-state index contributed by atoms with van der Waals surface area (Å²) in [5.41, 5.74) is 10.2. The van der Waals surface area contributed by atoms with Gasteiger partial charge in [0.2, 0.25) is 5.56 Å². The molecule has 19 heavy (non-hydrogen) atoms. The van der Waals surface area contributed by atoms with Crippen molar-refractivity contribution in [2.24, 2.45) is 11.7 Å². The number of hydrogen-bond acceptors (Lipinski definition) is 3. The Labute approximate surface area is 111 Å². The van der Waals surface area contributed by atoms with Crippen LogP contribution in [0.1, 0.15) is 24.6 Å². The van der Waals surface area contributed by atoms with Crippen molar-refractivity contribution in [1.82, 2.24) is 4.98 Å². The molecule has 1 aromatic heterocycles. The van der Waals surface area contributed by atoms with E-state index in [2.05, 4.69) is 18.0 Å². The molecule has 2 aliphatic rings. The minimum atomic E-state index is -0.593. The van der Waals surface area contributed by atoms with Crippen molar-refractivity contribution >= 4 is 0 Å². The third-order valence-corrected chi connectivity index (χ3v) is 4.17. The summed E-state index contributed by atoms with van der Waals surface area (Å²) in [5, 5.41) is 9.24. The molecule has 0 aromatic carbocycles. The summed E-state index contributed by atoms with van der Waals surface area (Å²) in [6.45, 7) is 2.08. The van der Waals surface area contributed by atoms with Gasteiger partial charge in [-0.25, -0.2) is 0 Å². The van der Waals surface area contributed by atoms with Crippen LogP contribution in [0.2, 0.25) is 0 Å². The number of aliphatic hydroxyl groups excluding tert-OH is 1. The molecule has 1 heterocycles. The highest BCUT2D eigenvalue weighted by atomic mass is 16.2. The third kappa shape index (κ3) is 1.79. The highest BCUT2D eigenvalue weighted by Gasteiger charge is 2.43. The average Bonchev–Trinajstić information content (AvgIpc) is 2.32. The Kier molecular flexibility index (Phi) is 2.73. The first-order valence-corrected chi connectivity index (χ1v) is 6.55. The lowest BCUT2D eigenvalue weighted by molar-refractivity contribution is 0.332. The topological polar surface area (TPSA) is 79.1 Å². The van der Waals surface area contributed by atoms with Crippen LogP contribution in [-0.4, -0.2) is 16.7 Å². The van der Waals surface area contributed by atoms with Crippen LogP contribution < -0.4 is 11.3 Å². The van der Waals surface area contributed by atoms with E-state index in [1.807, 2.05) is 12.1 Å². The van der Waals surface area contributed by atoms with Crippen molar-refractivity contribution in [2.75, 3.05) is 6.61 Å². The van der Waals surface area contributed by atoms with E-state index in [0.717, 1.165) is 29.7 Å². The molecule has 0 fully saturated rings. The quantitative estimate of drug-likeness (QED) is 0.657. The van der Waals surface area contributed by atoms with Gasteiger partial charge in [-0.05, 0) is 37.0 Å². The number of nitrogens with one attached hydrogen (secondary N) is 1. The Balaban J connectivity index is 2.25. The van der Waals surface area contributed by atoms with E-state index in [9.17, 15) is 9.90 Å². The summed E-state index contributed by atoms with van der Waals surface area (Å²) < 4.78 is 0. The fraction of sp³-hybridized carbons (Fsp3) is 0.400. The van der Waals surface area contributed by atoms with Crippen LogP contribution in [0.15, 0.2) is 40.2 Å². The number of aromatic nitrogens is 1. The Hall–Kier alpha value is -1.65. The van der Waals surface area contributed by atoms with Gasteiger partial charge in [0, 0.05) is 17.7 Å². The smallest absolute Gasteiger partial charge is 0.248 e. The number of pyridine rings is 1. The van der Waals surface area contributed by atoms with Crippen molar-refractivity contribution in [1.29, 1.82) is 0 Å². The van der Waals surface area contributed by atoms with Crippen LogP contribution in [0.3, 0.4) is 0 Å². The molecule has 0 amide bonds. The average molecular weight is 258 g/mol. The van der Waals surface area contributed by atoms with Crippen molar-refractivity contribution < 1.29 is 5.11 Å². The predicted octanol–water partition coefficient (Wildman–Crippen LogP) is 0.970. The van der Waals surface area contributed by atoms with E-state index in [4.69, 9.17) is 5.73 Å². The molecule has 3 rings (SSSR count). The SMILES string of the molecule is CC1=C[C@H]2Cc3[nH]c(=O)ccc3[C@@](N)(C1)/C2=C/CO. The molecule has 0 saturated carbocycles. The fourth-order valence-electron chi connectivity index (χ4n) is 3.53. The van der Waals surface area contributed by atoms with Crippen LogP contribution in [-0.2, 0) is 12.0 Å². The van der Waals surface area contributed by atoms with Crippen LogP contribution in [0.25, 0.3) is 0 Å². The summed E-state index contributed by atoms with van der Waals surface area (Å²) >= 11 is 0. The molecular weight excluding hydrogens is 240 g/mol. The highest BCUT2D eigenvalue weighted by molar-refractivity contribution is 5.49. The summed E-state index contributed by atoms with van der Waals surface area (Å²) in [6.07, 6.45) is 5.49. The Bertz CT molecular complexity index is 642. The summed E-state index contributed by atoms with van der Waals surface area (Å²) in [5.74, 6) is 0.177. The standard InChI is InChI=1S/C15H18N2O2/c1-9-6-10-7-13-12(2-3-14(19)17-13)15(16,8-9)11(10)4-5-18/h2-4,6,10,18H,5,7-8,16H2,1H3,(H,17,19)/b11-4+/t10-,15+/m0/s1. The number of fused-ring (bicyclic) bond motifs is 4. The van der Waals surface area contributed by atoms with Gasteiger partial charge in [0.05, 0.1) is 12.1 Å². The van der Waals surface area contributed by atoms with Gasteiger partial charge in [-0.1, -0.05) is 17.7 Å². The summed E-state index contributed by atoms with van der Waals surface area (Å²) in [6, 6.07) is 3.35. The zero-order valence-electron chi connectivity index (χ0n) is 10.9. The zero-order chi connectivity index (χ0) is 13.6. The maximum Gasteiger partial charge on any atom is 0.248 e. The van der Waals surface area contributed by atoms with Crippen molar-refractivity contribution in [3.8, 4) is 0 Å². The van der Waals surface area contributed by atoms with Crippen molar-refractivity contribution in [3.63, 3.8) is 0 Å². The van der Waals surface area contributed by atoms with Crippen LogP contribution in [0.4, 0.5) is 0 Å². The van der Waals surface area contributed by atoms with E-state index >= 15 is 0 Å². The minimum Gasteiger partial charge on any atom is -0.392 e. The maximum atomic E-state index is 11.5. The van der Waals surface area contributed by atoms with Gasteiger partial charge < -0.3 is 15.8 Å². The van der Waals surface area contributed by atoms with Crippen molar-refractivity contribution in [3.05, 3.63) is 57.0 Å². The van der Waals surface area contributed by atoms with Crippen LogP contribution >= 0.6 is 0 Å². The first-order valence-electron chi connectivity index (χ1n) is 6.55. The molecule has 0 aliphatic heterocycles. The third-order valence-electron chi connectivity index (χ3n) is 4.17. The molecule has 0 spiro atoms. The number of nitrogens with two attached hydrogens (primary N) is 1. The van der Waals surface area contributed by atoms with Crippen molar-refractivity contribution in [2.45, 2.75) is 25.3 Å². The number of aliphatic hydroxyl groups is 1. The first kappa shape index (κ1) is 12.4. The molecule has 0 unspecified atom stereocenters. The molecule has 2 aliphatic carbocycles. The lowest BCUT2D eigenvalue weighted by Crippen LogP contribution is -2.48. The monoisotopic (exact) mass is 258 g/mol. The normalized spacial score (nSPS) is 31.0. The summed E-state index contributed by atoms with van der Waals surface area (Å²) in [7, 11) is 0. The second-order valence-corrected chi connectivity index (χ2v) is 5.53. The fourth-order valence-corrected chi connectivity index (χ4v) is 3.53. The van der Waals surface area contributed by atoms with Gasteiger partial charge in [0.15, 0.2) is 0 Å². The molecule has 4 nitrogen and oxygen atoms in total. The number of aromatic amines is 1. The molecule has 4 heteroatoms. The van der Waals surface area contributed by atoms with E-state index < -0.39 is 5.54 Å². The second kappa shape index (κ2) is 4.18. The lowest BCUT2D eigenvalue weighted by atomic mass is 9.63. The number of hydrogen-bond donors (Lipinski definition) is 3. The zero-order valence-corrected chi connectivity index (χ0v) is 10.9. The molecule has 100 valence electrons. The first-order chi connectivity index (χ1) is 9.04. The van der Waals surface area contributed by atoms with Crippen LogP contribution in [0.5, 0.6) is 0 Å². The minimum absolute atomic E-state index is 0.00361. The van der Waals surface area contributed by atoms with E-state index in [1.54, 1.807) is 0 Å².